The molecular formula is C24H21FN4O4. The summed E-state index contributed by atoms with van der Waals surface area (Å²) in [6, 6.07) is 5.41. The standard InChI is InChI=1S/C24H21FN4O4/c1-23-11-13-12-26-29(16-5-3-15(25)4-6-16)18(13)10-14(23)2-7-19-17(23)8-9-24(33-19)20(30)27-22(32)28-21(24)31/h3-6,8,10,12,19H,2,7,9,11H2,1H3,(H2,27,28,30,31,32). The van der Waals surface area contributed by atoms with E-state index in [1.807, 2.05) is 17.0 Å². The number of halogens is 1. The Bertz CT molecular complexity index is 1270. The molecule has 1 saturated heterocycles. The second-order valence-electron chi connectivity index (χ2n) is 9.19. The average molecular weight is 448 g/mol. The largest absolute Gasteiger partial charge is 0.348 e. The van der Waals surface area contributed by atoms with E-state index >= 15 is 0 Å². The number of nitrogens with zero attached hydrogens (tertiary/aromatic N) is 2. The number of urea groups is 1. The smallest absolute Gasteiger partial charge is 0.328 e. The molecule has 1 spiro atoms. The summed E-state index contributed by atoms with van der Waals surface area (Å²) in [6.45, 7) is 2.15. The molecule has 4 amide bonds. The molecule has 2 unspecified atom stereocenters. The van der Waals surface area contributed by atoms with Gasteiger partial charge in [0.1, 0.15) is 5.82 Å². The molecule has 2 N–H and O–H groups in total. The zero-order valence-corrected chi connectivity index (χ0v) is 17.9. The van der Waals surface area contributed by atoms with E-state index in [1.54, 1.807) is 12.1 Å². The SMILES string of the molecule is CC12Cc3cnn(-c4ccc(F)cc4)c3C=C1CCC1OC3(CC=C12)C(=O)NC(=O)NC3=O. The van der Waals surface area contributed by atoms with Gasteiger partial charge in [-0.25, -0.2) is 13.9 Å². The molecule has 3 heterocycles. The molecule has 2 aromatic rings. The number of fused-ring (bicyclic) bond motifs is 4. The van der Waals surface area contributed by atoms with E-state index in [0.29, 0.717) is 12.8 Å². The highest BCUT2D eigenvalue weighted by atomic mass is 19.1. The lowest BCUT2D eigenvalue weighted by molar-refractivity contribution is -0.170. The third-order valence-corrected chi connectivity index (χ3v) is 7.32. The van der Waals surface area contributed by atoms with Crippen LogP contribution in [0.3, 0.4) is 0 Å². The molecule has 8 nitrogen and oxygen atoms in total. The molecule has 1 aromatic heterocycles. The second-order valence-corrected chi connectivity index (χ2v) is 9.19. The van der Waals surface area contributed by atoms with Crippen molar-refractivity contribution in [2.24, 2.45) is 5.41 Å². The van der Waals surface area contributed by atoms with Crippen LogP contribution in [-0.4, -0.2) is 39.3 Å². The molecule has 1 aromatic carbocycles. The van der Waals surface area contributed by atoms with Crippen molar-refractivity contribution in [3.63, 3.8) is 0 Å². The van der Waals surface area contributed by atoms with Crippen LogP contribution in [0.5, 0.6) is 0 Å². The number of rotatable bonds is 1. The van der Waals surface area contributed by atoms with Crippen molar-refractivity contribution < 1.29 is 23.5 Å². The first-order valence-corrected chi connectivity index (χ1v) is 10.9. The van der Waals surface area contributed by atoms with Gasteiger partial charge >= 0.3 is 6.03 Å². The van der Waals surface area contributed by atoms with Gasteiger partial charge in [0.25, 0.3) is 11.8 Å². The van der Waals surface area contributed by atoms with Crippen molar-refractivity contribution in [2.45, 2.75) is 44.3 Å². The number of carbonyl (C=O) groups is 3. The van der Waals surface area contributed by atoms with Crippen LogP contribution in [0.4, 0.5) is 9.18 Å². The molecule has 4 aliphatic rings. The molecule has 6 rings (SSSR count). The molecule has 168 valence electrons. The normalized spacial score (nSPS) is 27.6. The summed E-state index contributed by atoms with van der Waals surface area (Å²) in [5.74, 6) is -1.73. The molecule has 33 heavy (non-hydrogen) atoms. The van der Waals surface area contributed by atoms with E-state index in [0.717, 1.165) is 28.9 Å². The number of nitrogens with one attached hydrogen (secondary N) is 2. The first-order valence-electron chi connectivity index (χ1n) is 10.9. The molecule has 0 bridgehead atoms. The minimum atomic E-state index is -1.72. The highest BCUT2D eigenvalue weighted by molar-refractivity contribution is 6.21. The van der Waals surface area contributed by atoms with Crippen molar-refractivity contribution in [2.75, 3.05) is 0 Å². The van der Waals surface area contributed by atoms with Crippen molar-refractivity contribution >= 4 is 23.9 Å². The van der Waals surface area contributed by atoms with Crippen molar-refractivity contribution in [1.29, 1.82) is 0 Å². The number of amides is 4. The lowest BCUT2D eigenvalue weighted by Crippen LogP contribution is -2.69. The fourth-order valence-corrected chi connectivity index (χ4v) is 5.58. The van der Waals surface area contributed by atoms with Crippen LogP contribution in [0.25, 0.3) is 11.8 Å². The van der Waals surface area contributed by atoms with Crippen molar-refractivity contribution in [3.05, 3.63) is 64.8 Å². The van der Waals surface area contributed by atoms with Gasteiger partial charge in [0.05, 0.1) is 23.7 Å². The van der Waals surface area contributed by atoms with Gasteiger partial charge in [0.2, 0.25) is 5.60 Å². The first kappa shape index (κ1) is 20.0. The van der Waals surface area contributed by atoms with E-state index in [4.69, 9.17) is 4.74 Å². The zero-order valence-electron chi connectivity index (χ0n) is 17.9. The monoisotopic (exact) mass is 448 g/mol. The summed E-state index contributed by atoms with van der Waals surface area (Å²) in [5.41, 5.74) is 3.06. The van der Waals surface area contributed by atoms with Crippen molar-refractivity contribution in [3.8, 4) is 5.69 Å². The number of allylic oxidation sites excluding steroid dienone is 1. The van der Waals surface area contributed by atoms with Gasteiger partial charge < -0.3 is 4.74 Å². The molecular weight excluding hydrogens is 427 g/mol. The maximum Gasteiger partial charge on any atom is 0.328 e. The Morgan fingerprint density at radius 1 is 1.15 bits per heavy atom. The highest BCUT2D eigenvalue weighted by Gasteiger charge is 2.57. The fraction of sp³-hybridized carbons (Fsp3) is 0.333. The predicted molar refractivity (Wildman–Crippen MR) is 115 cm³/mol. The van der Waals surface area contributed by atoms with Gasteiger partial charge in [0, 0.05) is 11.8 Å². The Labute approximate surface area is 188 Å². The lowest BCUT2D eigenvalue weighted by Gasteiger charge is -2.50. The molecule has 2 aliphatic heterocycles. The Kier molecular flexibility index (Phi) is 4.08. The average Bonchev–Trinajstić information content (AvgIpc) is 3.18. The number of barbiturate groups is 1. The molecule has 1 saturated carbocycles. The van der Waals surface area contributed by atoms with Gasteiger partial charge in [0.15, 0.2) is 0 Å². The Hall–Kier alpha value is -3.59. The Morgan fingerprint density at radius 2 is 1.88 bits per heavy atom. The van der Waals surface area contributed by atoms with Gasteiger partial charge in [-0.15, -0.1) is 0 Å². The topological polar surface area (TPSA) is 102 Å². The second kappa shape index (κ2) is 6.71. The molecule has 2 atom stereocenters. The van der Waals surface area contributed by atoms with E-state index in [-0.39, 0.29) is 17.7 Å². The van der Waals surface area contributed by atoms with Gasteiger partial charge in [-0.1, -0.05) is 18.6 Å². The predicted octanol–water partition coefficient (Wildman–Crippen LogP) is 2.57. The number of carbonyl (C=O) groups excluding carboxylic acids is 3. The van der Waals surface area contributed by atoms with Crippen LogP contribution >= 0.6 is 0 Å². The van der Waals surface area contributed by atoms with E-state index in [2.05, 4.69) is 28.7 Å². The molecule has 2 fully saturated rings. The van der Waals surface area contributed by atoms with Crippen molar-refractivity contribution in [1.82, 2.24) is 20.4 Å². The maximum atomic E-state index is 13.4. The van der Waals surface area contributed by atoms with E-state index in [1.165, 1.54) is 17.7 Å². The van der Waals surface area contributed by atoms with Crippen LogP contribution in [0.1, 0.15) is 37.4 Å². The third-order valence-electron chi connectivity index (χ3n) is 7.32. The summed E-state index contributed by atoms with van der Waals surface area (Å²) < 4.78 is 21.3. The summed E-state index contributed by atoms with van der Waals surface area (Å²) in [4.78, 5) is 36.6. The number of ether oxygens (including phenoxy) is 1. The van der Waals surface area contributed by atoms with Crippen LogP contribution in [0.2, 0.25) is 0 Å². The van der Waals surface area contributed by atoms with Gasteiger partial charge in [-0.3, -0.25) is 20.2 Å². The molecule has 9 heteroatoms. The van der Waals surface area contributed by atoms with Crippen LogP contribution in [0.15, 0.2) is 47.7 Å². The fourth-order valence-electron chi connectivity index (χ4n) is 5.58. The minimum Gasteiger partial charge on any atom is -0.348 e. The van der Waals surface area contributed by atoms with E-state index in [9.17, 15) is 18.8 Å². The number of aromatic nitrogens is 2. The maximum absolute atomic E-state index is 13.4. The Balaban J connectivity index is 1.36. The minimum absolute atomic E-state index is 0.0638. The third kappa shape index (κ3) is 2.78. The number of benzene rings is 1. The van der Waals surface area contributed by atoms with Crippen LogP contribution < -0.4 is 10.6 Å². The van der Waals surface area contributed by atoms with Crippen LogP contribution in [-0.2, 0) is 20.7 Å². The first-order chi connectivity index (χ1) is 15.8. The Morgan fingerprint density at radius 3 is 2.61 bits per heavy atom. The number of hydrogen-bond donors (Lipinski definition) is 2. The molecule has 2 aliphatic carbocycles. The number of imide groups is 2. The zero-order chi connectivity index (χ0) is 23.0. The lowest BCUT2D eigenvalue weighted by atomic mass is 9.60. The van der Waals surface area contributed by atoms with E-state index < -0.39 is 29.6 Å². The summed E-state index contributed by atoms with van der Waals surface area (Å²) in [6.07, 6.45) is 7.62. The van der Waals surface area contributed by atoms with Crippen LogP contribution in [0, 0.1) is 11.2 Å². The summed E-state index contributed by atoms with van der Waals surface area (Å²) in [7, 11) is 0. The quantitative estimate of drug-likeness (QED) is 0.516. The van der Waals surface area contributed by atoms with Gasteiger partial charge in [-0.2, -0.15) is 5.10 Å². The molecule has 0 radical (unpaired) electrons. The number of hydrogen-bond acceptors (Lipinski definition) is 5. The summed E-state index contributed by atoms with van der Waals surface area (Å²) in [5, 5.41) is 8.86. The van der Waals surface area contributed by atoms with Gasteiger partial charge in [-0.05, 0) is 60.7 Å². The summed E-state index contributed by atoms with van der Waals surface area (Å²) >= 11 is 0. The highest BCUT2D eigenvalue weighted by Crippen LogP contribution is 2.54.